The van der Waals surface area contributed by atoms with Crippen LogP contribution in [0.2, 0.25) is 0 Å². The minimum absolute atomic E-state index is 0.185. The maximum absolute atomic E-state index is 12.3. The van der Waals surface area contributed by atoms with Crippen LogP contribution in [-0.2, 0) is 52.2 Å². The first kappa shape index (κ1) is 48.6. The molecular formula is C35H61NO23. The van der Waals surface area contributed by atoms with E-state index in [9.17, 15) is 66.1 Å². The fraction of sp³-hybridized carbons (Fsp3) is 0.971. The summed E-state index contributed by atoms with van der Waals surface area (Å²) in [6, 6.07) is -1.58. The fourth-order valence-corrected chi connectivity index (χ4v) is 7.57. The molecular weight excluding hydrogens is 802 g/mol. The molecule has 24 nitrogen and oxygen atoms in total. The summed E-state index contributed by atoms with van der Waals surface area (Å²) in [4.78, 5) is 12.3. The van der Waals surface area contributed by atoms with Gasteiger partial charge in [0.1, 0.15) is 104 Å². The predicted octanol–water partition coefficient (Wildman–Crippen LogP) is -7.26. The van der Waals surface area contributed by atoms with Crippen LogP contribution in [-0.4, -0.2) is 240 Å². The molecule has 0 bridgehead atoms. The zero-order valence-electron chi connectivity index (χ0n) is 33.1. The van der Waals surface area contributed by atoms with Crippen molar-refractivity contribution in [1.82, 2.24) is 5.32 Å². The number of ether oxygens (including phenoxy) is 10. The molecule has 0 aromatic heterocycles. The summed E-state index contributed by atoms with van der Waals surface area (Å²) in [5, 5.41) is 132. The Bertz CT molecular complexity index is 1320. The van der Waals surface area contributed by atoms with Crippen LogP contribution >= 0.6 is 0 Å². The van der Waals surface area contributed by atoms with Crippen molar-refractivity contribution in [3.05, 3.63) is 0 Å². The van der Waals surface area contributed by atoms with E-state index in [0.717, 1.165) is 6.92 Å². The standard InChI is InChI=1S/C35H61NO23/c1-6-7-50-32-26(49)27(18(41)11(3)51-32)56-34-29(24(47)17(40)10(2)52-34)58-35-30(59-31-16(36-13(5)39)22(45)20(43)14(8-37)54-31)28(19(42)12(4)53-35)57-33-25(48)23(46)21(44)15(9-38)55-33/h10-12,14-35,37-38,40-49H,6-9H2,1-5H3,(H,36,39)/t10?,11?,12?,14?,15-,16?,17+,18+,19+,20+,21-,22-,23?,24-,25?,26?,27-,28-,29?,30?,31+,32-,33-,34+,35+/m1/s1. The highest BCUT2D eigenvalue weighted by Gasteiger charge is 2.57. The van der Waals surface area contributed by atoms with Crippen LogP contribution in [0.25, 0.3) is 0 Å². The van der Waals surface area contributed by atoms with Crippen molar-refractivity contribution in [3.63, 3.8) is 0 Å². The van der Waals surface area contributed by atoms with E-state index in [-0.39, 0.29) is 6.61 Å². The quantitative estimate of drug-likeness (QED) is 0.0771. The number of aliphatic hydroxyl groups is 12. The molecule has 0 aromatic rings. The van der Waals surface area contributed by atoms with Gasteiger partial charge in [-0.2, -0.15) is 0 Å². The Labute approximate surface area is 338 Å². The average Bonchev–Trinajstić information content (AvgIpc) is 3.20. The van der Waals surface area contributed by atoms with Crippen molar-refractivity contribution in [2.45, 2.75) is 195 Å². The SMILES string of the molecule is CCCO[C@@H]1OC(C)[C@H](O)[C@@H](O[C@@H]2OC(C)[C@H](O)[C@@H](O)C2O[C@@H]2OC(C)[C@H](O)[C@@H](O[C@H]3O[C@H](CO)[C@@H](O)C(O)C3O)C2O[C@@H]2OC(CO)[C@H](O)[C@H](O)C2NC(C)=O)C1O. The van der Waals surface area contributed by atoms with E-state index in [0.29, 0.717) is 6.42 Å². The molecule has 25 atom stereocenters. The highest BCUT2D eigenvalue weighted by atomic mass is 16.8. The van der Waals surface area contributed by atoms with Gasteiger partial charge in [-0.1, -0.05) is 6.92 Å². The number of hydrogen-bond acceptors (Lipinski definition) is 23. The van der Waals surface area contributed by atoms with Crippen LogP contribution < -0.4 is 5.32 Å². The Morgan fingerprint density at radius 1 is 0.492 bits per heavy atom. The van der Waals surface area contributed by atoms with Gasteiger partial charge in [0.2, 0.25) is 5.91 Å². The average molecular weight is 864 g/mol. The Kier molecular flexibility index (Phi) is 17.2. The van der Waals surface area contributed by atoms with Crippen molar-refractivity contribution in [1.29, 1.82) is 0 Å². The van der Waals surface area contributed by atoms with Crippen molar-refractivity contribution < 1.29 is 113 Å². The minimum Gasteiger partial charge on any atom is -0.394 e. The first-order chi connectivity index (χ1) is 27.8. The number of nitrogens with one attached hydrogen (secondary N) is 1. The molecule has 5 heterocycles. The van der Waals surface area contributed by atoms with Gasteiger partial charge in [0.25, 0.3) is 0 Å². The predicted molar refractivity (Wildman–Crippen MR) is 188 cm³/mol. The zero-order chi connectivity index (χ0) is 43.6. The van der Waals surface area contributed by atoms with Gasteiger partial charge < -0.3 is 114 Å². The number of hydrogen-bond donors (Lipinski definition) is 13. The van der Waals surface area contributed by atoms with Crippen LogP contribution in [0, 0.1) is 0 Å². The summed E-state index contributed by atoms with van der Waals surface area (Å²) in [5.41, 5.74) is 0. The van der Waals surface area contributed by atoms with E-state index in [2.05, 4.69) is 5.32 Å². The maximum atomic E-state index is 12.3. The van der Waals surface area contributed by atoms with E-state index in [4.69, 9.17) is 47.4 Å². The van der Waals surface area contributed by atoms with Crippen molar-refractivity contribution in [2.24, 2.45) is 0 Å². The lowest BCUT2D eigenvalue weighted by atomic mass is 9.95. The maximum Gasteiger partial charge on any atom is 0.217 e. The van der Waals surface area contributed by atoms with Gasteiger partial charge in [0.15, 0.2) is 31.5 Å². The molecule has 10 unspecified atom stereocenters. The molecule has 0 saturated carbocycles. The van der Waals surface area contributed by atoms with Crippen molar-refractivity contribution >= 4 is 5.91 Å². The van der Waals surface area contributed by atoms with Crippen LogP contribution in [0.4, 0.5) is 0 Å². The molecule has 59 heavy (non-hydrogen) atoms. The Hall–Kier alpha value is -1.41. The van der Waals surface area contributed by atoms with Gasteiger partial charge in [-0.05, 0) is 27.2 Å². The first-order valence-electron chi connectivity index (χ1n) is 19.6. The molecule has 344 valence electrons. The van der Waals surface area contributed by atoms with Gasteiger partial charge in [-0.25, -0.2) is 0 Å². The topological polar surface area (TPSA) is 364 Å². The van der Waals surface area contributed by atoms with Gasteiger partial charge in [0.05, 0.1) is 31.5 Å². The molecule has 0 aliphatic carbocycles. The molecule has 13 N–H and O–H groups in total. The normalized spacial score (nSPS) is 51.0. The number of rotatable bonds is 14. The fourth-order valence-electron chi connectivity index (χ4n) is 7.57. The van der Waals surface area contributed by atoms with Crippen LogP contribution in [0.3, 0.4) is 0 Å². The Morgan fingerprint density at radius 2 is 0.966 bits per heavy atom. The van der Waals surface area contributed by atoms with Gasteiger partial charge >= 0.3 is 0 Å². The van der Waals surface area contributed by atoms with Crippen molar-refractivity contribution in [3.8, 4) is 0 Å². The lowest BCUT2D eigenvalue weighted by Crippen LogP contribution is -2.69. The lowest BCUT2D eigenvalue weighted by molar-refractivity contribution is -0.408. The molecule has 5 saturated heterocycles. The third-order valence-corrected chi connectivity index (χ3v) is 11.1. The molecule has 5 aliphatic rings. The third kappa shape index (κ3) is 10.5. The van der Waals surface area contributed by atoms with Crippen LogP contribution in [0.15, 0.2) is 0 Å². The second kappa shape index (κ2) is 20.8. The largest absolute Gasteiger partial charge is 0.394 e. The molecule has 5 aliphatic heterocycles. The number of carbonyl (C=O) groups is 1. The summed E-state index contributed by atoms with van der Waals surface area (Å²) in [6.45, 7) is 5.66. The van der Waals surface area contributed by atoms with E-state index >= 15 is 0 Å². The molecule has 24 heteroatoms. The van der Waals surface area contributed by atoms with E-state index in [1.807, 2.05) is 6.92 Å². The van der Waals surface area contributed by atoms with Gasteiger partial charge in [-0.3, -0.25) is 4.79 Å². The number of carbonyl (C=O) groups excluding carboxylic acids is 1. The summed E-state index contributed by atoms with van der Waals surface area (Å²) < 4.78 is 59.0. The molecule has 5 rings (SSSR count). The van der Waals surface area contributed by atoms with E-state index in [1.54, 1.807) is 0 Å². The first-order valence-corrected chi connectivity index (χ1v) is 19.6. The van der Waals surface area contributed by atoms with Crippen LogP contribution in [0.5, 0.6) is 0 Å². The van der Waals surface area contributed by atoms with Gasteiger partial charge in [-0.15, -0.1) is 0 Å². The van der Waals surface area contributed by atoms with Crippen molar-refractivity contribution in [2.75, 3.05) is 19.8 Å². The summed E-state index contributed by atoms with van der Waals surface area (Å²) in [6.07, 6.45) is -39.0. The van der Waals surface area contributed by atoms with E-state index < -0.39 is 173 Å². The lowest BCUT2D eigenvalue weighted by Gasteiger charge is -2.51. The Balaban J connectivity index is 1.52. The molecule has 5 fully saturated rings. The third-order valence-electron chi connectivity index (χ3n) is 11.1. The Morgan fingerprint density at radius 3 is 1.54 bits per heavy atom. The molecule has 0 aromatic carbocycles. The minimum atomic E-state index is -2.00. The molecule has 1 amide bonds. The highest BCUT2D eigenvalue weighted by Crippen LogP contribution is 2.37. The highest BCUT2D eigenvalue weighted by molar-refractivity contribution is 5.73. The van der Waals surface area contributed by atoms with Crippen LogP contribution in [0.1, 0.15) is 41.0 Å². The smallest absolute Gasteiger partial charge is 0.217 e. The molecule has 0 spiro atoms. The second-order valence-corrected chi connectivity index (χ2v) is 15.5. The molecule has 0 radical (unpaired) electrons. The number of amides is 1. The summed E-state index contributed by atoms with van der Waals surface area (Å²) in [5.74, 6) is -0.726. The summed E-state index contributed by atoms with van der Waals surface area (Å²) in [7, 11) is 0. The van der Waals surface area contributed by atoms with E-state index in [1.165, 1.54) is 20.8 Å². The summed E-state index contributed by atoms with van der Waals surface area (Å²) >= 11 is 0. The number of aliphatic hydroxyl groups excluding tert-OH is 12. The zero-order valence-corrected chi connectivity index (χ0v) is 33.1. The second-order valence-electron chi connectivity index (χ2n) is 15.5. The van der Waals surface area contributed by atoms with Gasteiger partial charge in [0, 0.05) is 13.5 Å². The monoisotopic (exact) mass is 863 g/mol.